The molecule has 0 heterocycles. The first kappa shape index (κ1) is 21.3. The lowest BCUT2D eigenvalue weighted by atomic mass is 9.76. The van der Waals surface area contributed by atoms with Crippen molar-refractivity contribution in [2.45, 2.75) is 43.5 Å². The average Bonchev–Trinajstić information content (AvgIpc) is 2.66. The molecule has 2 N–H and O–H groups in total. The Morgan fingerprint density at radius 3 is 2.54 bits per heavy atom. The number of carbonyl (C=O) groups is 1. The van der Waals surface area contributed by atoms with Crippen molar-refractivity contribution in [3.8, 4) is 0 Å². The van der Waals surface area contributed by atoms with Crippen molar-refractivity contribution in [1.29, 1.82) is 0 Å². The third-order valence-corrected chi connectivity index (χ3v) is 6.02. The number of aliphatic hydroxyl groups is 1. The van der Waals surface area contributed by atoms with E-state index in [1.54, 1.807) is 0 Å². The Morgan fingerprint density at radius 1 is 1.18 bits per heavy atom. The molecule has 150 valence electrons. The van der Waals surface area contributed by atoms with Gasteiger partial charge in [-0.25, -0.2) is 8.78 Å². The summed E-state index contributed by atoms with van der Waals surface area (Å²) in [7, 11) is 0. The van der Waals surface area contributed by atoms with E-state index in [1.807, 2.05) is 0 Å². The number of hydrogen-bond acceptors (Lipinski definition) is 2. The normalized spacial score (nSPS) is 23.3. The second-order valence-electron chi connectivity index (χ2n) is 6.95. The molecule has 0 aliphatic heterocycles. The molecule has 1 atom stereocenters. The maximum atomic E-state index is 14.0. The van der Waals surface area contributed by atoms with E-state index in [1.165, 1.54) is 36.4 Å². The monoisotopic (exact) mass is 447 g/mol. The van der Waals surface area contributed by atoms with Crippen LogP contribution >= 0.6 is 34.8 Å². The number of amides is 1. The maximum Gasteiger partial charge on any atom is 0.253 e. The van der Waals surface area contributed by atoms with E-state index in [4.69, 9.17) is 34.8 Å². The predicted molar refractivity (Wildman–Crippen MR) is 106 cm³/mol. The number of nitrogens with one attached hydrogen (secondary N) is 1. The lowest BCUT2D eigenvalue weighted by Crippen LogP contribution is -2.48. The van der Waals surface area contributed by atoms with Crippen LogP contribution in [-0.2, 0) is 0 Å². The Kier molecular flexibility index (Phi) is 6.50. The van der Waals surface area contributed by atoms with Crippen LogP contribution in [-0.4, -0.2) is 22.8 Å². The van der Waals surface area contributed by atoms with Gasteiger partial charge in [0.05, 0.1) is 27.3 Å². The summed E-state index contributed by atoms with van der Waals surface area (Å²) in [5.74, 6) is -1.28. The molecule has 1 saturated carbocycles. The molecule has 8 heteroatoms. The summed E-state index contributed by atoms with van der Waals surface area (Å²) < 4.78 is 27.7. The zero-order valence-electron chi connectivity index (χ0n) is 14.7. The van der Waals surface area contributed by atoms with Gasteiger partial charge in [0.15, 0.2) is 0 Å². The smallest absolute Gasteiger partial charge is 0.253 e. The van der Waals surface area contributed by atoms with Crippen LogP contribution in [0.3, 0.4) is 0 Å². The molecule has 0 radical (unpaired) electrons. The van der Waals surface area contributed by atoms with Gasteiger partial charge in [-0.1, -0.05) is 46.9 Å². The number of halogens is 5. The SMILES string of the molecule is O=C(NC(c1cccc(F)c1Cl)[C@]1(O)CC[C@H](F)CC1)c1cc(Cl)ccc1Cl. The number of hydrogen-bond donors (Lipinski definition) is 2. The molecule has 0 bridgehead atoms. The van der Waals surface area contributed by atoms with Crippen molar-refractivity contribution >= 4 is 40.7 Å². The summed E-state index contributed by atoms with van der Waals surface area (Å²) >= 11 is 18.2. The highest BCUT2D eigenvalue weighted by Gasteiger charge is 2.43. The van der Waals surface area contributed by atoms with Gasteiger partial charge >= 0.3 is 0 Å². The van der Waals surface area contributed by atoms with E-state index < -0.39 is 29.5 Å². The lowest BCUT2D eigenvalue weighted by molar-refractivity contribution is -0.0445. The first-order chi connectivity index (χ1) is 13.2. The minimum absolute atomic E-state index is 0.0925. The van der Waals surface area contributed by atoms with Gasteiger partial charge in [-0.3, -0.25) is 4.79 Å². The molecular weight excluding hydrogens is 431 g/mol. The van der Waals surface area contributed by atoms with E-state index in [2.05, 4.69) is 5.32 Å². The minimum atomic E-state index is -1.49. The van der Waals surface area contributed by atoms with Crippen LogP contribution < -0.4 is 5.32 Å². The van der Waals surface area contributed by atoms with Crippen molar-refractivity contribution in [3.63, 3.8) is 0 Å². The Bertz CT molecular complexity index is 886. The van der Waals surface area contributed by atoms with Crippen molar-refractivity contribution in [2.75, 3.05) is 0 Å². The minimum Gasteiger partial charge on any atom is -0.387 e. The molecule has 0 spiro atoms. The number of rotatable bonds is 4. The quantitative estimate of drug-likeness (QED) is 0.612. The highest BCUT2D eigenvalue weighted by molar-refractivity contribution is 6.35. The molecule has 3 nitrogen and oxygen atoms in total. The second-order valence-corrected chi connectivity index (χ2v) is 8.17. The summed E-state index contributed by atoms with van der Waals surface area (Å²) in [5, 5.41) is 14.2. The van der Waals surface area contributed by atoms with Crippen LogP contribution in [0.2, 0.25) is 15.1 Å². The zero-order valence-corrected chi connectivity index (χ0v) is 17.0. The molecule has 1 aliphatic rings. The Labute approximate surface area is 176 Å². The van der Waals surface area contributed by atoms with Crippen molar-refractivity contribution in [2.24, 2.45) is 0 Å². The first-order valence-corrected chi connectivity index (χ1v) is 9.91. The zero-order chi connectivity index (χ0) is 20.5. The Hall–Kier alpha value is -1.40. The number of carbonyl (C=O) groups excluding carboxylic acids is 1. The predicted octanol–water partition coefficient (Wildman–Crippen LogP) is 5.90. The van der Waals surface area contributed by atoms with Gasteiger partial charge in [-0.2, -0.15) is 0 Å². The molecule has 0 saturated heterocycles. The molecule has 1 amide bonds. The highest BCUT2D eigenvalue weighted by Crippen LogP contribution is 2.42. The molecule has 0 aromatic heterocycles. The standard InChI is InChI=1S/C20H18Cl3F2NO2/c21-11-4-5-15(22)14(10-11)19(27)26-18(13-2-1-3-16(25)17(13)23)20(28)8-6-12(24)7-9-20/h1-5,10,12,18,28H,6-9H2,(H,26,27)/t12-,18?,20-. The lowest BCUT2D eigenvalue weighted by Gasteiger charge is -2.41. The van der Waals surface area contributed by atoms with E-state index in [9.17, 15) is 18.7 Å². The third-order valence-electron chi connectivity index (χ3n) is 5.06. The van der Waals surface area contributed by atoms with E-state index in [0.717, 1.165) is 0 Å². The largest absolute Gasteiger partial charge is 0.387 e. The first-order valence-electron chi connectivity index (χ1n) is 8.77. The molecule has 2 aromatic rings. The van der Waals surface area contributed by atoms with Gasteiger partial charge < -0.3 is 10.4 Å². The fourth-order valence-electron chi connectivity index (χ4n) is 3.50. The van der Waals surface area contributed by atoms with E-state index in [-0.39, 0.29) is 46.9 Å². The fourth-order valence-corrected chi connectivity index (χ4v) is 4.11. The summed E-state index contributed by atoms with van der Waals surface area (Å²) in [6, 6.07) is 7.50. The molecule has 3 rings (SSSR count). The highest BCUT2D eigenvalue weighted by atomic mass is 35.5. The number of benzene rings is 2. The van der Waals surface area contributed by atoms with Crippen LogP contribution in [0.15, 0.2) is 36.4 Å². The van der Waals surface area contributed by atoms with Crippen LogP contribution in [0, 0.1) is 5.82 Å². The van der Waals surface area contributed by atoms with Crippen molar-refractivity contribution in [1.82, 2.24) is 5.32 Å². The van der Waals surface area contributed by atoms with Gasteiger partial charge in [-0.05, 0) is 55.5 Å². The molecule has 28 heavy (non-hydrogen) atoms. The van der Waals surface area contributed by atoms with Crippen LogP contribution in [0.5, 0.6) is 0 Å². The average molecular weight is 449 g/mol. The van der Waals surface area contributed by atoms with Crippen LogP contribution in [0.1, 0.15) is 47.6 Å². The molecule has 1 aliphatic carbocycles. The summed E-state index contributed by atoms with van der Waals surface area (Å²) in [5.41, 5.74) is -1.16. The van der Waals surface area contributed by atoms with Gasteiger partial charge in [0.2, 0.25) is 0 Å². The third kappa shape index (κ3) is 4.43. The van der Waals surface area contributed by atoms with Crippen LogP contribution in [0.4, 0.5) is 8.78 Å². The van der Waals surface area contributed by atoms with E-state index >= 15 is 0 Å². The van der Waals surface area contributed by atoms with Gasteiger partial charge in [0.25, 0.3) is 5.91 Å². The maximum absolute atomic E-state index is 14.0. The van der Waals surface area contributed by atoms with Crippen LogP contribution in [0.25, 0.3) is 0 Å². The molecule has 1 unspecified atom stereocenters. The fraction of sp³-hybridized carbons (Fsp3) is 0.350. The molecule has 1 fully saturated rings. The molecular formula is C20H18Cl3F2NO2. The second kappa shape index (κ2) is 8.54. The summed E-state index contributed by atoms with van der Waals surface area (Å²) in [4.78, 5) is 12.9. The Balaban J connectivity index is 2.00. The topological polar surface area (TPSA) is 49.3 Å². The number of alkyl halides is 1. The van der Waals surface area contributed by atoms with Gasteiger partial charge in [0.1, 0.15) is 12.0 Å². The van der Waals surface area contributed by atoms with E-state index in [0.29, 0.717) is 5.02 Å². The Morgan fingerprint density at radius 2 is 1.86 bits per heavy atom. The summed E-state index contributed by atoms with van der Waals surface area (Å²) in [6.07, 6.45) is -0.576. The van der Waals surface area contributed by atoms with Crippen molar-refractivity contribution < 1.29 is 18.7 Å². The van der Waals surface area contributed by atoms with Gasteiger partial charge in [-0.15, -0.1) is 0 Å². The molecule has 2 aromatic carbocycles. The van der Waals surface area contributed by atoms with Gasteiger partial charge in [0, 0.05) is 5.02 Å². The van der Waals surface area contributed by atoms with Crippen molar-refractivity contribution in [3.05, 3.63) is 68.4 Å². The summed E-state index contributed by atoms with van der Waals surface area (Å²) in [6.45, 7) is 0.